The fourth-order valence-corrected chi connectivity index (χ4v) is 2.43. The number of benzene rings is 2. The first-order chi connectivity index (χ1) is 10.5. The van der Waals surface area contributed by atoms with E-state index in [-0.39, 0.29) is 6.03 Å². The summed E-state index contributed by atoms with van der Waals surface area (Å²) in [5, 5.41) is 11.9. The van der Waals surface area contributed by atoms with E-state index in [9.17, 15) is 4.79 Å². The van der Waals surface area contributed by atoms with Gasteiger partial charge >= 0.3 is 6.03 Å². The van der Waals surface area contributed by atoms with Crippen LogP contribution in [0.2, 0.25) is 0 Å². The van der Waals surface area contributed by atoms with E-state index in [0.29, 0.717) is 5.69 Å². The Kier molecular flexibility index (Phi) is 3.47. The number of carbonyl (C=O) groups is 1. The maximum absolute atomic E-state index is 12.1. The molecule has 1 aliphatic heterocycles. The number of aryl methyl sites for hydroxylation is 2. The molecule has 3 rings (SSSR count). The molecule has 5 heteroatoms. The maximum Gasteiger partial charge on any atom is 0.323 e. The van der Waals surface area contributed by atoms with E-state index in [0.717, 1.165) is 28.4 Å². The summed E-state index contributed by atoms with van der Waals surface area (Å²) in [6.07, 6.45) is 0. The van der Waals surface area contributed by atoms with Gasteiger partial charge in [0, 0.05) is 11.4 Å². The van der Waals surface area contributed by atoms with Gasteiger partial charge in [-0.15, -0.1) is 0 Å². The molecule has 1 aliphatic rings. The van der Waals surface area contributed by atoms with Gasteiger partial charge in [0.25, 0.3) is 0 Å². The Morgan fingerprint density at radius 2 is 1.77 bits per heavy atom. The minimum atomic E-state index is -0.267. The van der Waals surface area contributed by atoms with Crippen LogP contribution in [0.5, 0.6) is 0 Å². The summed E-state index contributed by atoms with van der Waals surface area (Å²) in [6, 6.07) is 11.2. The third kappa shape index (κ3) is 2.88. The van der Waals surface area contributed by atoms with E-state index in [1.54, 1.807) is 0 Å². The van der Waals surface area contributed by atoms with E-state index in [1.807, 2.05) is 50.2 Å². The van der Waals surface area contributed by atoms with Crippen LogP contribution in [-0.2, 0) is 0 Å². The monoisotopic (exact) mass is 294 g/mol. The SMILES string of the molecule is C=C1Nc2ccc(NC(=O)Nc3ccc(C)cc3C)cc2N1. The lowest BCUT2D eigenvalue weighted by Crippen LogP contribution is -2.20. The maximum atomic E-state index is 12.1. The van der Waals surface area contributed by atoms with Gasteiger partial charge < -0.3 is 21.3 Å². The highest BCUT2D eigenvalue weighted by atomic mass is 16.2. The number of rotatable bonds is 2. The summed E-state index contributed by atoms with van der Waals surface area (Å²) in [7, 11) is 0. The lowest BCUT2D eigenvalue weighted by molar-refractivity contribution is 0.262. The number of hydrogen-bond donors (Lipinski definition) is 4. The minimum Gasteiger partial charge on any atom is -0.341 e. The molecule has 0 saturated heterocycles. The predicted octanol–water partition coefficient (Wildman–Crippen LogP) is 4.26. The molecule has 4 N–H and O–H groups in total. The van der Waals surface area contributed by atoms with E-state index in [1.165, 1.54) is 5.56 Å². The van der Waals surface area contributed by atoms with Crippen LogP contribution in [-0.4, -0.2) is 6.03 Å². The van der Waals surface area contributed by atoms with Gasteiger partial charge in [0.05, 0.1) is 11.4 Å². The van der Waals surface area contributed by atoms with E-state index >= 15 is 0 Å². The van der Waals surface area contributed by atoms with Crippen LogP contribution in [0.25, 0.3) is 0 Å². The second kappa shape index (κ2) is 5.44. The van der Waals surface area contributed by atoms with Crippen LogP contribution < -0.4 is 21.3 Å². The quantitative estimate of drug-likeness (QED) is 0.669. The van der Waals surface area contributed by atoms with Gasteiger partial charge in [0.1, 0.15) is 5.82 Å². The highest BCUT2D eigenvalue weighted by Crippen LogP contribution is 2.32. The summed E-state index contributed by atoms with van der Waals surface area (Å²) in [5.41, 5.74) is 5.56. The van der Waals surface area contributed by atoms with E-state index in [2.05, 4.69) is 27.8 Å². The molecule has 2 aromatic rings. The highest BCUT2D eigenvalue weighted by Gasteiger charge is 2.13. The molecule has 0 radical (unpaired) electrons. The van der Waals surface area contributed by atoms with Gasteiger partial charge in [-0.2, -0.15) is 0 Å². The molecular weight excluding hydrogens is 276 g/mol. The van der Waals surface area contributed by atoms with Gasteiger partial charge in [-0.25, -0.2) is 4.79 Å². The van der Waals surface area contributed by atoms with Gasteiger partial charge in [-0.05, 0) is 43.7 Å². The molecule has 2 aromatic carbocycles. The van der Waals surface area contributed by atoms with Gasteiger partial charge in [-0.1, -0.05) is 24.3 Å². The third-order valence-electron chi connectivity index (χ3n) is 3.48. The number of urea groups is 1. The van der Waals surface area contributed by atoms with Crippen molar-refractivity contribution in [1.82, 2.24) is 0 Å². The molecule has 0 fully saturated rings. The molecule has 2 amide bonds. The molecule has 112 valence electrons. The standard InChI is InChI=1S/C17H18N4O/c1-10-4-6-14(11(2)8-10)21-17(22)20-13-5-7-15-16(9-13)19-12(3)18-15/h4-9,18-19H,3H2,1-2H3,(H2,20,21,22). The summed E-state index contributed by atoms with van der Waals surface area (Å²) in [6.45, 7) is 7.81. The van der Waals surface area contributed by atoms with Gasteiger partial charge in [0.15, 0.2) is 0 Å². The number of nitrogens with one attached hydrogen (secondary N) is 4. The molecule has 0 aromatic heterocycles. The second-order valence-electron chi connectivity index (χ2n) is 5.39. The Bertz CT molecular complexity index is 767. The topological polar surface area (TPSA) is 65.2 Å². The second-order valence-corrected chi connectivity index (χ2v) is 5.39. The van der Waals surface area contributed by atoms with Crippen LogP contribution in [0.3, 0.4) is 0 Å². The normalized spacial score (nSPS) is 12.2. The summed E-state index contributed by atoms with van der Waals surface area (Å²) < 4.78 is 0. The van der Waals surface area contributed by atoms with Gasteiger partial charge in [0.2, 0.25) is 0 Å². The first kappa shape index (κ1) is 14.0. The number of amides is 2. The number of carbonyl (C=O) groups excluding carboxylic acids is 1. The Morgan fingerprint density at radius 1 is 1.00 bits per heavy atom. The van der Waals surface area contributed by atoms with Crippen LogP contribution >= 0.6 is 0 Å². The summed E-state index contributed by atoms with van der Waals surface area (Å²) >= 11 is 0. The van der Waals surface area contributed by atoms with Crippen molar-refractivity contribution in [3.05, 3.63) is 59.9 Å². The van der Waals surface area contributed by atoms with Crippen LogP contribution in [0.4, 0.5) is 27.5 Å². The van der Waals surface area contributed by atoms with Crippen LogP contribution in [0.15, 0.2) is 48.8 Å². The van der Waals surface area contributed by atoms with E-state index < -0.39 is 0 Å². The first-order valence-electron chi connectivity index (χ1n) is 7.03. The van der Waals surface area contributed by atoms with Crippen molar-refractivity contribution in [2.45, 2.75) is 13.8 Å². The molecule has 5 nitrogen and oxygen atoms in total. The molecule has 1 heterocycles. The van der Waals surface area contributed by atoms with Crippen molar-refractivity contribution in [3.8, 4) is 0 Å². The summed E-state index contributed by atoms with van der Waals surface area (Å²) in [4.78, 5) is 12.1. The molecule has 0 atom stereocenters. The van der Waals surface area contributed by atoms with E-state index in [4.69, 9.17) is 0 Å². The number of hydrogen-bond acceptors (Lipinski definition) is 3. The Balaban J connectivity index is 1.70. The molecule has 0 spiro atoms. The smallest absolute Gasteiger partial charge is 0.323 e. The Hall–Kier alpha value is -2.95. The Labute approximate surface area is 129 Å². The fraction of sp³-hybridized carbons (Fsp3) is 0.118. The molecule has 0 bridgehead atoms. The molecule has 0 saturated carbocycles. The number of anilines is 4. The fourth-order valence-electron chi connectivity index (χ4n) is 2.43. The van der Waals surface area contributed by atoms with Crippen molar-refractivity contribution in [2.24, 2.45) is 0 Å². The van der Waals surface area contributed by atoms with Crippen molar-refractivity contribution in [3.63, 3.8) is 0 Å². The van der Waals surface area contributed by atoms with Crippen molar-refractivity contribution in [1.29, 1.82) is 0 Å². The zero-order valence-corrected chi connectivity index (χ0v) is 12.6. The lowest BCUT2D eigenvalue weighted by Gasteiger charge is -2.11. The average molecular weight is 294 g/mol. The molecule has 22 heavy (non-hydrogen) atoms. The zero-order valence-electron chi connectivity index (χ0n) is 12.6. The molecule has 0 unspecified atom stereocenters. The average Bonchev–Trinajstić information content (AvgIpc) is 2.81. The number of fused-ring (bicyclic) bond motifs is 1. The molecule has 0 aliphatic carbocycles. The third-order valence-corrected chi connectivity index (χ3v) is 3.48. The van der Waals surface area contributed by atoms with Crippen LogP contribution in [0.1, 0.15) is 11.1 Å². The van der Waals surface area contributed by atoms with Crippen LogP contribution in [0, 0.1) is 13.8 Å². The minimum absolute atomic E-state index is 0.267. The highest BCUT2D eigenvalue weighted by molar-refractivity contribution is 6.01. The zero-order chi connectivity index (χ0) is 15.7. The Morgan fingerprint density at radius 3 is 2.55 bits per heavy atom. The largest absolute Gasteiger partial charge is 0.341 e. The molecular formula is C17H18N4O. The first-order valence-corrected chi connectivity index (χ1v) is 7.03. The van der Waals surface area contributed by atoms with Gasteiger partial charge in [-0.3, -0.25) is 0 Å². The summed E-state index contributed by atoms with van der Waals surface area (Å²) in [5.74, 6) is 0.729. The van der Waals surface area contributed by atoms with Crippen molar-refractivity contribution < 1.29 is 4.79 Å². The van der Waals surface area contributed by atoms with Crippen molar-refractivity contribution in [2.75, 3.05) is 21.3 Å². The lowest BCUT2D eigenvalue weighted by atomic mass is 10.1. The predicted molar refractivity (Wildman–Crippen MR) is 91.4 cm³/mol. The van der Waals surface area contributed by atoms with Crippen molar-refractivity contribution >= 4 is 28.8 Å².